The number of aliphatic hydroxyl groups excluding tert-OH is 2. The summed E-state index contributed by atoms with van der Waals surface area (Å²) in [5.74, 6) is -0.407. The summed E-state index contributed by atoms with van der Waals surface area (Å²) in [5, 5.41) is 20.1. The van der Waals surface area contributed by atoms with E-state index >= 15 is 0 Å². The van der Waals surface area contributed by atoms with Crippen LogP contribution in [0.5, 0.6) is 0 Å². The Hall–Kier alpha value is -1.14. The summed E-state index contributed by atoms with van der Waals surface area (Å²) in [5.41, 5.74) is 0. The van der Waals surface area contributed by atoms with Crippen LogP contribution in [-0.2, 0) is 19.1 Å². The maximum absolute atomic E-state index is 12.1. The Balaban J connectivity index is 3.47. The quantitative estimate of drug-likeness (QED) is 0.0529. The lowest BCUT2D eigenvalue weighted by molar-refractivity contribution is -0.158. The van der Waals surface area contributed by atoms with Gasteiger partial charge >= 0.3 is 11.9 Å². The highest BCUT2D eigenvalue weighted by Gasteiger charge is 2.12. The fourth-order valence-electron chi connectivity index (χ4n) is 5.92. The van der Waals surface area contributed by atoms with E-state index in [0.29, 0.717) is 12.8 Å². The fraction of sp³-hybridized carbons (Fsp3) is 0.949. The Morgan fingerprint density at radius 1 is 0.467 bits per heavy atom. The van der Waals surface area contributed by atoms with Crippen LogP contribution in [0.4, 0.5) is 0 Å². The maximum atomic E-state index is 12.1. The molecule has 0 bridgehead atoms. The van der Waals surface area contributed by atoms with Gasteiger partial charge in [0.25, 0.3) is 0 Å². The highest BCUT2D eigenvalue weighted by atomic mass is 16.6. The second-order valence-electron chi connectivity index (χ2n) is 13.7. The molecule has 0 rings (SSSR count). The number of unbranched alkanes of at least 4 members (excludes halogenated alkanes) is 20. The molecule has 0 saturated heterocycles. The first-order chi connectivity index (χ1) is 21.9. The van der Waals surface area contributed by atoms with E-state index < -0.39 is 6.10 Å². The monoisotopic (exact) mass is 641 g/mol. The normalized spacial score (nSPS) is 13.4. The minimum Gasteiger partial charge on any atom is -0.462 e. The van der Waals surface area contributed by atoms with Crippen molar-refractivity contribution in [2.45, 2.75) is 232 Å². The van der Waals surface area contributed by atoms with Gasteiger partial charge in [-0.15, -0.1) is 0 Å². The zero-order valence-electron chi connectivity index (χ0n) is 30.2. The molecular formula is C39H76O6. The average molecular weight is 641 g/mol. The Morgan fingerprint density at radius 2 is 0.778 bits per heavy atom. The highest BCUT2D eigenvalue weighted by molar-refractivity contribution is 5.70. The molecule has 6 nitrogen and oxygen atoms in total. The number of rotatable bonds is 35. The predicted molar refractivity (Wildman–Crippen MR) is 188 cm³/mol. The van der Waals surface area contributed by atoms with Crippen LogP contribution in [0.3, 0.4) is 0 Å². The van der Waals surface area contributed by atoms with Crippen molar-refractivity contribution in [1.29, 1.82) is 0 Å². The number of aliphatic hydroxyl groups is 2. The predicted octanol–water partition coefficient (Wildman–Crippen LogP) is 10.9. The van der Waals surface area contributed by atoms with E-state index in [1.807, 2.05) is 0 Å². The molecule has 0 aromatic heterocycles. The maximum Gasteiger partial charge on any atom is 0.306 e. The van der Waals surface area contributed by atoms with Crippen LogP contribution in [0.2, 0.25) is 0 Å². The van der Waals surface area contributed by atoms with Gasteiger partial charge in [0.15, 0.2) is 0 Å². The van der Waals surface area contributed by atoms with E-state index in [-0.39, 0.29) is 30.8 Å². The molecule has 0 fully saturated rings. The molecule has 0 amide bonds. The SMILES string of the molecule is CCCCCCC(O)CCCCCCCCCCC(=O)OCC(C)OC(=O)CCCCCCCCCCC(O)CCCCCC. The molecular weight excluding hydrogens is 564 g/mol. The van der Waals surface area contributed by atoms with Crippen LogP contribution >= 0.6 is 0 Å². The van der Waals surface area contributed by atoms with E-state index in [1.165, 1.54) is 89.9 Å². The van der Waals surface area contributed by atoms with E-state index in [4.69, 9.17) is 9.47 Å². The fourth-order valence-corrected chi connectivity index (χ4v) is 5.92. The number of hydrogen-bond donors (Lipinski definition) is 2. The first kappa shape index (κ1) is 43.9. The number of hydrogen-bond acceptors (Lipinski definition) is 6. The van der Waals surface area contributed by atoms with E-state index in [1.54, 1.807) is 6.92 Å². The molecule has 2 N–H and O–H groups in total. The molecule has 0 radical (unpaired) electrons. The van der Waals surface area contributed by atoms with Gasteiger partial charge in [-0.2, -0.15) is 0 Å². The number of carbonyl (C=O) groups excluding carboxylic acids is 2. The molecule has 0 spiro atoms. The molecule has 0 aromatic rings. The van der Waals surface area contributed by atoms with Crippen molar-refractivity contribution in [3.05, 3.63) is 0 Å². The van der Waals surface area contributed by atoms with Crippen LogP contribution in [0.1, 0.15) is 213 Å². The van der Waals surface area contributed by atoms with Gasteiger partial charge in [-0.3, -0.25) is 9.59 Å². The minimum absolute atomic E-state index is 0.112. The summed E-state index contributed by atoms with van der Waals surface area (Å²) in [6.45, 7) is 6.35. The third-order valence-electron chi connectivity index (χ3n) is 8.93. The summed E-state index contributed by atoms with van der Waals surface area (Å²) in [6.07, 6.45) is 31.9. The smallest absolute Gasteiger partial charge is 0.306 e. The van der Waals surface area contributed by atoms with Gasteiger partial charge in [-0.1, -0.05) is 155 Å². The standard InChI is InChI=1S/C39H76O6/c1-4-6-8-22-28-36(40)30-24-18-14-10-12-16-20-26-32-38(42)44-34-35(3)45-39(43)33-27-21-17-13-11-15-19-25-31-37(41)29-23-9-7-5-2/h35-37,40-41H,4-34H2,1-3H3. The average Bonchev–Trinajstić information content (AvgIpc) is 3.02. The molecule has 0 saturated carbocycles. The first-order valence-corrected chi connectivity index (χ1v) is 19.6. The van der Waals surface area contributed by atoms with Crippen molar-refractivity contribution in [3.63, 3.8) is 0 Å². The minimum atomic E-state index is -0.404. The van der Waals surface area contributed by atoms with Gasteiger partial charge in [-0.05, 0) is 45.4 Å². The van der Waals surface area contributed by atoms with Crippen LogP contribution < -0.4 is 0 Å². The van der Waals surface area contributed by atoms with Gasteiger partial charge < -0.3 is 19.7 Å². The zero-order valence-corrected chi connectivity index (χ0v) is 30.2. The lowest BCUT2D eigenvalue weighted by Crippen LogP contribution is -2.22. The number of ether oxygens (including phenoxy) is 2. The van der Waals surface area contributed by atoms with Crippen LogP contribution in [0.25, 0.3) is 0 Å². The molecule has 3 unspecified atom stereocenters. The van der Waals surface area contributed by atoms with E-state index in [9.17, 15) is 19.8 Å². The van der Waals surface area contributed by atoms with Crippen molar-refractivity contribution in [2.75, 3.05) is 6.61 Å². The Morgan fingerprint density at radius 3 is 1.16 bits per heavy atom. The number of esters is 2. The van der Waals surface area contributed by atoms with Crippen LogP contribution in [0.15, 0.2) is 0 Å². The van der Waals surface area contributed by atoms with E-state index in [0.717, 1.165) is 89.9 Å². The highest BCUT2D eigenvalue weighted by Crippen LogP contribution is 2.16. The lowest BCUT2D eigenvalue weighted by Gasteiger charge is -2.13. The lowest BCUT2D eigenvalue weighted by atomic mass is 10.0. The Labute approximate surface area is 279 Å². The van der Waals surface area contributed by atoms with Gasteiger partial charge in [0, 0.05) is 12.8 Å². The van der Waals surface area contributed by atoms with Crippen LogP contribution in [-0.4, -0.2) is 47.1 Å². The second kappa shape index (κ2) is 34.2. The molecule has 268 valence electrons. The van der Waals surface area contributed by atoms with Crippen molar-refractivity contribution in [3.8, 4) is 0 Å². The molecule has 3 atom stereocenters. The molecule has 45 heavy (non-hydrogen) atoms. The van der Waals surface area contributed by atoms with Gasteiger partial charge in [-0.25, -0.2) is 0 Å². The molecule has 0 heterocycles. The summed E-state index contributed by atoms with van der Waals surface area (Å²) in [4.78, 5) is 24.2. The Bertz CT molecular complexity index is 639. The summed E-state index contributed by atoms with van der Waals surface area (Å²) in [6, 6.07) is 0. The van der Waals surface area contributed by atoms with Gasteiger partial charge in [0.05, 0.1) is 12.2 Å². The molecule has 6 heteroatoms. The molecule has 0 aliphatic rings. The van der Waals surface area contributed by atoms with Crippen molar-refractivity contribution >= 4 is 11.9 Å². The van der Waals surface area contributed by atoms with Crippen molar-refractivity contribution in [1.82, 2.24) is 0 Å². The summed E-state index contributed by atoms with van der Waals surface area (Å²) >= 11 is 0. The first-order valence-electron chi connectivity index (χ1n) is 19.6. The second-order valence-corrected chi connectivity index (χ2v) is 13.7. The van der Waals surface area contributed by atoms with Gasteiger partial charge in [0.1, 0.15) is 12.7 Å². The van der Waals surface area contributed by atoms with Gasteiger partial charge in [0.2, 0.25) is 0 Å². The molecule has 0 aliphatic carbocycles. The third-order valence-corrected chi connectivity index (χ3v) is 8.93. The summed E-state index contributed by atoms with van der Waals surface area (Å²) < 4.78 is 10.7. The topological polar surface area (TPSA) is 93.1 Å². The zero-order chi connectivity index (χ0) is 33.2. The molecule has 0 aromatic carbocycles. The van der Waals surface area contributed by atoms with E-state index in [2.05, 4.69) is 13.8 Å². The van der Waals surface area contributed by atoms with Crippen molar-refractivity contribution < 1.29 is 29.3 Å². The summed E-state index contributed by atoms with van der Waals surface area (Å²) in [7, 11) is 0. The Kier molecular flexibility index (Phi) is 33.3. The van der Waals surface area contributed by atoms with Crippen molar-refractivity contribution in [2.24, 2.45) is 0 Å². The number of carbonyl (C=O) groups is 2. The largest absolute Gasteiger partial charge is 0.462 e. The third kappa shape index (κ3) is 34.0. The van der Waals surface area contributed by atoms with Crippen LogP contribution in [0, 0.1) is 0 Å². The molecule has 0 aliphatic heterocycles.